The molecule has 1 heterocycles. The number of fused-ring (bicyclic) bond motifs is 1. The van der Waals surface area contributed by atoms with Gasteiger partial charge in [0.2, 0.25) is 17.7 Å². The second-order valence-electron chi connectivity index (χ2n) is 6.63. The second-order valence-corrected chi connectivity index (χ2v) is 7.54. The summed E-state index contributed by atoms with van der Waals surface area (Å²) in [5.41, 5.74) is 2.29. The van der Waals surface area contributed by atoms with Crippen molar-refractivity contribution in [1.82, 2.24) is 5.32 Å². The van der Waals surface area contributed by atoms with Crippen molar-refractivity contribution in [3.63, 3.8) is 0 Å². The molecular weight excluding hydrogens is 422 g/mol. The van der Waals surface area contributed by atoms with E-state index in [0.29, 0.717) is 11.4 Å². The quantitative estimate of drug-likeness (QED) is 0.712. The highest BCUT2D eigenvalue weighted by molar-refractivity contribution is 9.10. The first-order chi connectivity index (χ1) is 13.5. The molecule has 2 aromatic rings. The molecule has 0 radical (unpaired) electrons. The Morgan fingerprint density at radius 1 is 1.14 bits per heavy atom. The molecule has 1 unspecified atom stereocenters. The largest absolute Gasteiger partial charge is 0.349 e. The molecule has 0 fully saturated rings. The van der Waals surface area contributed by atoms with Crippen molar-refractivity contribution in [3.05, 3.63) is 58.6 Å². The Morgan fingerprint density at radius 3 is 2.57 bits per heavy atom. The van der Waals surface area contributed by atoms with E-state index in [-0.39, 0.29) is 43.1 Å². The predicted octanol–water partition coefficient (Wildman–Crippen LogP) is 3.78. The minimum Gasteiger partial charge on any atom is -0.349 e. The van der Waals surface area contributed by atoms with E-state index in [1.807, 2.05) is 37.3 Å². The number of anilines is 2. The molecular formula is C21H22BrN3O3. The molecule has 7 heteroatoms. The Balaban J connectivity index is 1.59. The lowest BCUT2D eigenvalue weighted by atomic mass is 10.0. The van der Waals surface area contributed by atoms with E-state index in [9.17, 15) is 14.4 Å². The molecule has 3 rings (SSSR count). The van der Waals surface area contributed by atoms with Gasteiger partial charge in [-0.2, -0.15) is 0 Å². The number of benzene rings is 2. The van der Waals surface area contributed by atoms with Crippen LogP contribution in [-0.2, 0) is 14.4 Å². The van der Waals surface area contributed by atoms with Gasteiger partial charge in [-0.1, -0.05) is 47.1 Å². The van der Waals surface area contributed by atoms with Crippen molar-refractivity contribution >= 4 is 45.0 Å². The number of carbonyl (C=O) groups is 3. The van der Waals surface area contributed by atoms with Gasteiger partial charge >= 0.3 is 0 Å². The Morgan fingerprint density at radius 2 is 1.86 bits per heavy atom. The second kappa shape index (κ2) is 9.01. The van der Waals surface area contributed by atoms with E-state index >= 15 is 0 Å². The molecule has 0 saturated heterocycles. The van der Waals surface area contributed by atoms with Crippen molar-refractivity contribution in [2.45, 2.75) is 32.2 Å². The van der Waals surface area contributed by atoms with Gasteiger partial charge in [-0.25, -0.2) is 0 Å². The van der Waals surface area contributed by atoms with Crippen LogP contribution in [0.3, 0.4) is 0 Å². The average molecular weight is 444 g/mol. The molecule has 0 saturated carbocycles. The summed E-state index contributed by atoms with van der Waals surface area (Å²) in [5, 5.41) is 5.73. The van der Waals surface area contributed by atoms with Crippen LogP contribution < -0.4 is 15.5 Å². The molecule has 6 nitrogen and oxygen atoms in total. The van der Waals surface area contributed by atoms with Crippen LogP contribution in [0.1, 0.15) is 37.8 Å². The summed E-state index contributed by atoms with van der Waals surface area (Å²) in [6.07, 6.45) is 0.872. The fourth-order valence-electron chi connectivity index (χ4n) is 3.19. The molecule has 146 valence electrons. The molecule has 28 heavy (non-hydrogen) atoms. The lowest BCUT2D eigenvalue weighted by Crippen LogP contribution is -2.42. The van der Waals surface area contributed by atoms with Crippen LogP contribution in [0.5, 0.6) is 0 Å². The zero-order valence-corrected chi connectivity index (χ0v) is 17.2. The number of hydrogen-bond acceptors (Lipinski definition) is 3. The Labute approximate surface area is 172 Å². The van der Waals surface area contributed by atoms with E-state index in [1.165, 1.54) is 4.90 Å². The van der Waals surface area contributed by atoms with E-state index in [2.05, 4.69) is 26.6 Å². The number of carbonyl (C=O) groups excluding carboxylic acids is 3. The van der Waals surface area contributed by atoms with Gasteiger partial charge in [0.25, 0.3) is 0 Å². The smallest absolute Gasteiger partial charge is 0.244 e. The van der Waals surface area contributed by atoms with Crippen LogP contribution in [0.15, 0.2) is 53.0 Å². The zero-order chi connectivity index (χ0) is 20.1. The van der Waals surface area contributed by atoms with Crippen molar-refractivity contribution in [2.75, 3.05) is 16.8 Å². The van der Waals surface area contributed by atoms with Crippen LogP contribution in [0.4, 0.5) is 11.4 Å². The number of para-hydroxylation sites is 2. The normalized spacial score (nSPS) is 14.1. The lowest BCUT2D eigenvalue weighted by molar-refractivity contribution is -0.126. The summed E-state index contributed by atoms with van der Waals surface area (Å²) in [5.74, 6) is -0.662. The van der Waals surface area contributed by atoms with E-state index in [0.717, 1.165) is 16.5 Å². The number of nitrogens with one attached hydrogen (secondary N) is 2. The first-order valence-corrected chi connectivity index (χ1v) is 10.0. The van der Waals surface area contributed by atoms with Crippen LogP contribution in [-0.4, -0.2) is 24.3 Å². The number of amides is 3. The Bertz CT molecular complexity index is 883. The van der Waals surface area contributed by atoms with Crippen LogP contribution in [0.25, 0.3) is 0 Å². The van der Waals surface area contributed by atoms with Gasteiger partial charge < -0.3 is 15.5 Å². The molecule has 2 aromatic carbocycles. The fraction of sp³-hybridized carbons (Fsp3) is 0.286. The minimum atomic E-state index is -0.242. The SMILES string of the molecule is CCC(NC(=O)CCC(=O)N1CC(=O)Nc2ccccc21)c1ccc(Br)cc1. The van der Waals surface area contributed by atoms with Gasteiger partial charge in [0.1, 0.15) is 6.54 Å². The highest BCUT2D eigenvalue weighted by Gasteiger charge is 2.26. The summed E-state index contributed by atoms with van der Waals surface area (Å²) in [6.45, 7) is 1.97. The standard InChI is InChI=1S/C21H22BrN3O3/c1-2-16(14-7-9-15(22)10-8-14)23-19(26)11-12-21(28)25-13-20(27)24-17-5-3-4-6-18(17)25/h3-10,16H,2,11-13H2,1H3,(H,23,26)(H,24,27). The highest BCUT2D eigenvalue weighted by Crippen LogP contribution is 2.29. The highest BCUT2D eigenvalue weighted by atomic mass is 79.9. The van der Waals surface area contributed by atoms with Crippen LogP contribution >= 0.6 is 15.9 Å². The van der Waals surface area contributed by atoms with Crippen molar-refractivity contribution in [2.24, 2.45) is 0 Å². The monoisotopic (exact) mass is 443 g/mol. The molecule has 2 N–H and O–H groups in total. The molecule has 0 aromatic heterocycles. The predicted molar refractivity (Wildman–Crippen MR) is 112 cm³/mol. The maximum Gasteiger partial charge on any atom is 0.244 e. The third-order valence-electron chi connectivity index (χ3n) is 4.65. The number of nitrogens with zero attached hydrogens (tertiary/aromatic N) is 1. The number of halogens is 1. The lowest BCUT2D eigenvalue weighted by Gasteiger charge is -2.29. The van der Waals surface area contributed by atoms with Gasteiger partial charge in [0.15, 0.2) is 0 Å². The van der Waals surface area contributed by atoms with Gasteiger partial charge in [-0.05, 0) is 36.2 Å². The first kappa shape index (κ1) is 20.1. The molecule has 3 amide bonds. The Hall–Kier alpha value is -2.67. The summed E-state index contributed by atoms with van der Waals surface area (Å²) < 4.78 is 0.980. The van der Waals surface area contributed by atoms with Crippen LogP contribution in [0, 0.1) is 0 Å². The van der Waals surface area contributed by atoms with E-state index < -0.39 is 0 Å². The third kappa shape index (κ3) is 4.78. The average Bonchev–Trinajstić information content (AvgIpc) is 2.70. The summed E-state index contributed by atoms with van der Waals surface area (Å²) >= 11 is 3.40. The van der Waals surface area contributed by atoms with Gasteiger partial charge in [-0.3, -0.25) is 14.4 Å². The van der Waals surface area contributed by atoms with E-state index in [4.69, 9.17) is 0 Å². The van der Waals surface area contributed by atoms with Crippen molar-refractivity contribution in [1.29, 1.82) is 0 Å². The topological polar surface area (TPSA) is 78.5 Å². The molecule has 0 bridgehead atoms. The van der Waals surface area contributed by atoms with Crippen LogP contribution in [0.2, 0.25) is 0 Å². The van der Waals surface area contributed by atoms with Gasteiger partial charge in [-0.15, -0.1) is 0 Å². The molecule has 1 aliphatic rings. The maximum atomic E-state index is 12.6. The first-order valence-electron chi connectivity index (χ1n) is 9.22. The van der Waals surface area contributed by atoms with Gasteiger partial charge in [0, 0.05) is 17.3 Å². The third-order valence-corrected chi connectivity index (χ3v) is 5.18. The summed E-state index contributed by atoms with van der Waals surface area (Å²) in [6, 6.07) is 14.9. The maximum absolute atomic E-state index is 12.6. The number of hydrogen-bond donors (Lipinski definition) is 2. The molecule has 1 aliphatic heterocycles. The fourth-order valence-corrected chi connectivity index (χ4v) is 3.46. The van der Waals surface area contributed by atoms with Gasteiger partial charge in [0.05, 0.1) is 17.4 Å². The zero-order valence-electron chi connectivity index (χ0n) is 15.6. The summed E-state index contributed by atoms with van der Waals surface area (Å²) in [7, 11) is 0. The molecule has 0 spiro atoms. The minimum absolute atomic E-state index is 0.0338. The number of rotatable bonds is 6. The Kier molecular flexibility index (Phi) is 6.46. The van der Waals surface area contributed by atoms with E-state index in [1.54, 1.807) is 18.2 Å². The molecule has 1 atom stereocenters. The summed E-state index contributed by atoms with van der Waals surface area (Å²) in [4.78, 5) is 38.3. The van der Waals surface area contributed by atoms with Crippen molar-refractivity contribution < 1.29 is 14.4 Å². The van der Waals surface area contributed by atoms with Crippen molar-refractivity contribution in [3.8, 4) is 0 Å². The molecule has 0 aliphatic carbocycles.